The summed E-state index contributed by atoms with van der Waals surface area (Å²) in [5.41, 5.74) is 4.19. The number of hydrogen-bond donors (Lipinski definition) is 0. The van der Waals surface area contributed by atoms with Crippen molar-refractivity contribution in [2.75, 3.05) is 0 Å². The number of carbonyl (C=O) groups excluding carboxylic acids is 1. The zero-order chi connectivity index (χ0) is 22.9. The number of rotatable bonds is 5. The van der Waals surface area contributed by atoms with Gasteiger partial charge in [-0.15, -0.1) is 5.10 Å². The van der Waals surface area contributed by atoms with Crippen LogP contribution >= 0.6 is 0 Å². The van der Waals surface area contributed by atoms with Gasteiger partial charge in [-0.05, 0) is 30.5 Å². The second-order valence-corrected chi connectivity index (χ2v) is 7.31. The number of hydrogen-bond acceptors (Lipinski definition) is 5. The van der Waals surface area contributed by atoms with Crippen molar-refractivity contribution in [1.82, 2.24) is 19.6 Å². The Morgan fingerprint density at radius 3 is 2.28 bits per heavy atom. The first-order valence-corrected chi connectivity index (χ1v) is 9.82. The van der Waals surface area contributed by atoms with Gasteiger partial charge in [-0.25, -0.2) is 9.50 Å². The van der Waals surface area contributed by atoms with Crippen LogP contribution in [0.5, 0.6) is 0 Å². The van der Waals surface area contributed by atoms with Crippen molar-refractivity contribution in [3.8, 4) is 11.1 Å². The maximum absolute atomic E-state index is 12.9. The third-order valence-corrected chi connectivity index (χ3v) is 5.08. The van der Waals surface area contributed by atoms with Crippen LogP contribution in [0.2, 0.25) is 0 Å². The van der Waals surface area contributed by atoms with E-state index in [1.54, 1.807) is 13.8 Å². The minimum Gasteiger partial charge on any atom is -0.461 e. The van der Waals surface area contributed by atoms with E-state index in [9.17, 15) is 18.0 Å². The molecule has 4 rings (SSSR count). The smallest absolute Gasteiger partial charge is 0.453 e. The molecule has 9 heteroatoms. The van der Waals surface area contributed by atoms with Crippen LogP contribution < -0.4 is 0 Å². The van der Waals surface area contributed by atoms with Gasteiger partial charge in [0, 0.05) is 17.0 Å². The molecular weight excluding hydrogens is 421 g/mol. The zero-order valence-electron chi connectivity index (χ0n) is 17.3. The third kappa shape index (κ3) is 4.46. The van der Waals surface area contributed by atoms with E-state index in [4.69, 9.17) is 4.74 Å². The van der Waals surface area contributed by atoms with Gasteiger partial charge in [-0.1, -0.05) is 54.6 Å². The number of carbonyl (C=O) groups is 1. The van der Waals surface area contributed by atoms with Crippen LogP contribution in [0.1, 0.15) is 28.3 Å². The highest BCUT2D eigenvalue weighted by Gasteiger charge is 2.37. The largest absolute Gasteiger partial charge is 0.461 e. The monoisotopic (exact) mass is 440 g/mol. The molecule has 0 amide bonds. The highest BCUT2D eigenvalue weighted by Crippen LogP contribution is 2.27. The summed E-state index contributed by atoms with van der Waals surface area (Å²) in [4.78, 5) is 19.9. The number of fused-ring (bicyclic) bond motifs is 1. The molecule has 0 aliphatic heterocycles. The van der Waals surface area contributed by atoms with Crippen LogP contribution in [0.3, 0.4) is 0 Å². The topological polar surface area (TPSA) is 69.4 Å². The Balaban J connectivity index is 1.45. The summed E-state index contributed by atoms with van der Waals surface area (Å²) in [6, 6.07) is 17.6. The summed E-state index contributed by atoms with van der Waals surface area (Å²) in [7, 11) is 0. The molecule has 164 valence electrons. The molecule has 0 saturated carbocycles. The van der Waals surface area contributed by atoms with Crippen molar-refractivity contribution >= 4 is 11.7 Å². The molecule has 6 nitrogen and oxygen atoms in total. The Kier molecular flexibility index (Phi) is 5.65. The number of benzene rings is 2. The van der Waals surface area contributed by atoms with Crippen molar-refractivity contribution in [1.29, 1.82) is 0 Å². The summed E-state index contributed by atoms with van der Waals surface area (Å²) in [6.45, 7) is 3.27. The fourth-order valence-electron chi connectivity index (χ4n) is 3.37. The Hall–Kier alpha value is -3.75. The van der Waals surface area contributed by atoms with Crippen LogP contribution in [0.15, 0.2) is 54.6 Å². The molecule has 0 fully saturated rings. The zero-order valence-corrected chi connectivity index (χ0v) is 17.3. The maximum Gasteiger partial charge on any atom is 0.453 e. The molecule has 0 unspecified atom stereocenters. The maximum atomic E-state index is 12.9. The summed E-state index contributed by atoms with van der Waals surface area (Å²) in [5.74, 6) is -1.95. The van der Waals surface area contributed by atoms with E-state index in [1.807, 2.05) is 54.6 Å². The highest BCUT2D eigenvalue weighted by atomic mass is 19.4. The second-order valence-electron chi connectivity index (χ2n) is 7.31. The van der Waals surface area contributed by atoms with Crippen LogP contribution in [0, 0.1) is 13.8 Å². The Bertz CT molecular complexity index is 1270. The molecule has 0 aliphatic carbocycles. The molecule has 0 aliphatic rings. The van der Waals surface area contributed by atoms with Crippen LogP contribution in [-0.4, -0.2) is 25.6 Å². The Morgan fingerprint density at radius 2 is 1.62 bits per heavy atom. The van der Waals surface area contributed by atoms with Gasteiger partial charge in [0.25, 0.3) is 11.6 Å². The minimum absolute atomic E-state index is 0.0865. The number of nitrogens with zero attached hydrogens (tertiary/aromatic N) is 4. The molecule has 32 heavy (non-hydrogen) atoms. The van der Waals surface area contributed by atoms with Gasteiger partial charge in [-0.3, -0.25) is 4.79 Å². The fraction of sp³-hybridized carbons (Fsp3) is 0.217. The SMILES string of the molecule is Cc1nc2nc(C(F)(F)F)nn2c(C)c1CC(=O)OCc1ccc(-c2ccccc2)cc1. The first-order chi connectivity index (χ1) is 15.2. The molecule has 0 radical (unpaired) electrons. The average Bonchev–Trinajstić information content (AvgIpc) is 3.21. The quantitative estimate of drug-likeness (QED) is 0.421. The molecule has 2 aromatic heterocycles. The predicted octanol–water partition coefficient (Wildman–Crippen LogP) is 4.71. The van der Waals surface area contributed by atoms with Crippen molar-refractivity contribution in [2.24, 2.45) is 0 Å². The normalized spacial score (nSPS) is 11.7. The number of esters is 1. The molecule has 0 bridgehead atoms. The first kappa shape index (κ1) is 21.5. The van der Waals surface area contributed by atoms with Crippen LogP contribution in [0.25, 0.3) is 16.9 Å². The van der Waals surface area contributed by atoms with E-state index in [0.29, 0.717) is 17.0 Å². The lowest BCUT2D eigenvalue weighted by Gasteiger charge is -2.11. The van der Waals surface area contributed by atoms with E-state index in [2.05, 4.69) is 15.1 Å². The Morgan fingerprint density at radius 1 is 0.969 bits per heavy atom. The van der Waals surface area contributed by atoms with E-state index >= 15 is 0 Å². The van der Waals surface area contributed by atoms with Gasteiger partial charge < -0.3 is 4.74 Å². The lowest BCUT2D eigenvalue weighted by Crippen LogP contribution is -2.13. The van der Waals surface area contributed by atoms with Crippen molar-refractivity contribution in [2.45, 2.75) is 33.1 Å². The first-order valence-electron chi connectivity index (χ1n) is 9.82. The van der Waals surface area contributed by atoms with Crippen molar-refractivity contribution < 1.29 is 22.7 Å². The van der Waals surface area contributed by atoms with Gasteiger partial charge in [0.15, 0.2) is 0 Å². The van der Waals surface area contributed by atoms with Gasteiger partial charge in [-0.2, -0.15) is 18.2 Å². The summed E-state index contributed by atoms with van der Waals surface area (Å²) >= 11 is 0. The summed E-state index contributed by atoms with van der Waals surface area (Å²) < 4.78 is 45.1. The van der Waals surface area contributed by atoms with Crippen LogP contribution in [-0.2, 0) is 28.7 Å². The lowest BCUT2D eigenvalue weighted by molar-refractivity contribution is -0.145. The van der Waals surface area contributed by atoms with E-state index in [1.165, 1.54) is 0 Å². The molecule has 0 spiro atoms. The van der Waals surface area contributed by atoms with Crippen molar-refractivity contribution in [3.63, 3.8) is 0 Å². The molecule has 2 aromatic carbocycles. The minimum atomic E-state index is -4.68. The molecule has 2 heterocycles. The summed E-state index contributed by atoms with van der Waals surface area (Å²) in [6.07, 6.45) is -4.81. The molecule has 4 aromatic rings. The van der Waals surface area contributed by atoms with Crippen molar-refractivity contribution in [3.05, 3.63) is 82.9 Å². The molecular formula is C23H19F3N4O2. The summed E-state index contributed by atoms with van der Waals surface area (Å²) in [5, 5.41) is 3.49. The number of aryl methyl sites for hydroxylation is 2. The van der Waals surface area contributed by atoms with Gasteiger partial charge >= 0.3 is 12.1 Å². The predicted molar refractivity (Wildman–Crippen MR) is 111 cm³/mol. The number of alkyl halides is 3. The second kappa shape index (κ2) is 8.41. The van der Waals surface area contributed by atoms with Gasteiger partial charge in [0.1, 0.15) is 6.61 Å². The molecule has 0 N–H and O–H groups in total. The fourth-order valence-corrected chi connectivity index (χ4v) is 3.37. The van der Waals surface area contributed by atoms with Gasteiger partial charge in [0.05, 0.1) is 6.42 Å². The number of ether oxygens (including phenoxy) is 1. The number of halogens is 3. The van der Waals surface area contributed by atoms with E-state index < -0.39 is 18.0 Å². The average molecular weight is 440 g/mol. The van der Waals surface area contributed by atoms with Crippen LogP contribution in [0.4, 0.5) is 13.2 Å². The lowest BCUT2D eigenvalue weighted by atomic mass is 10.0. The molecule has 0 atom stereocenters. The number of aromatic nitrogens is 4. The standard InChI is InChI=1S/C23H19F3N4O2/c1-14-19(15(2)30-22(27-14)28-21(29-30)23(24,25)26)12-20(31)32-13-16-8-10-18(11-9-16)17-6-4-3-5-7-17/h3-11H,12-13H2,1-2H3. The molecule has 0 saturated heterocycles. The highest BCUT2D eigenvalue weighted by molar-refractivity contribution is 5.73. The third-order valence-electron chi connectivity index (χ3n) is 5.08. The Labute approximate surface area is 181 Å². The van der Waals surface area contributed by atoms with Gasteiger partial charge in [0.2, 0.25) is 0 Å². The van der Waals surface area contributed by atoms with E-state index in [-0.39, 0.29) is 18.8 Å². The van der Waals surface area contributed by atoms with E-state index in [0.717, 1.165) is 21.2 Å².